The van der Waals surface area contributed by atoms with Crippen molar-refractivity contribution in [2.24, 2.45) is 0 Å². The highest BCUT2D eigenvalue weighted by Gasteiger charge is 2.11. The summed E-state index contributed by atoms with van der Waals surface area (Å²) in [6.45, 7) is 8.22. The van der Waals surface area contributed by atoms with E-state index in [9.17, 15) is 0 Å². The zero-order valence-electron chi connectivity index (χ0n) is 11.2. The van der Waals surface area contributed by atoms with Crippen molar-refractivity contribution in [1.29, 1.82) is 0 Å². The lowest BCUT2D eigenvalue weighted by molar-refractivity contribution is 0.136. The van der Waals surface area contributed by atoms with Crippen LogP contribution in [0.2, 0.25) is 0 Å². The van der Waals surface area contributed by atoms with Gasteiger partial charge in [-0.2, -0.15) is 0 Å². The van der Waals surface area contributed by atoms with Gasteiger partial charge in [-0.25, -0.2) is 0 Å². The normalized spacial score (nSPS) is 14.4. The molecular weight excluding hydrogens is 214 g/mol. The summed E-state index contributed by atoms with van der Waals surface area (Å²) in [6, 6.07) is 6.26. The minimum absolute atomic E-state index is 0.0927. The van der Waals surface area contributed by atoms with Crippen LogP contribution in [0.3, 0.4) is 0 Å². The Hall–Kier alpha value is -1.06. The van der Waals surface area contributed by atoms with Crippen molar-refractivity contribution in [3.05, 3.63) is 29.3 Å². The zero-order valence-corrected chi connectivity index (χ0v) is 11.2. The number of hydrogen-bond donors (Lipinski definition) is 2. The highest BCUT2D eigenvalue weighted by molar-refractivity contribution is 5.36. The minimum atomic E-state index is -0.104. The van der Waals surface area contributed by atoms with Crippen LogP contribution in [0.5, 0.6) is 5.75 Å². The Morgan fingerprint density at radius 3 is 2.65 bits per heavy atom. The Labute approximate surface area is 104 Å². The lowest BCUT2D eigenvalue weighted by Gasteiger charge is -2.22. The van der Waals surface area contributed by atoms with E-state index in [-0.39, 0.29) is 18.9 Å². The topological polar surface area (TPSA) is 41.5 Å². The quantitative estimate of drug-likeness (QED) is 0.746. The van der Waals surface area contributed by atoms with Gasteiger partial charge in [0.15, 0.2) is 0 Å². The van der Waals surface area contributed by atoms with Crippen LogP contribution in [0.15, 0.2) is 18.2 Å². The van der Waals surface area contributed by atoms with Gasteiger partial charge in [-0.15, -0.1) is 0 Å². The minimum Gasteiger partial charge on any atom is -0.475 e. The average molecular weight is 237 g/mol. The van der Waals surface area contributed by atoms with Crippen molar-refractivity contribution in [3.63, 3.8) is 0 Å². The van der Waals surface area contributed by atoms with E-state index in [0.29, 0.717) is 0 Å². The van der Waals surface area contributed by atoms with Crippen molar-refractivity contribution in [3.8, 4) is 5.75 Å². The lowest BCUT2D eigenvalue weighted by atomic mass is 10.1. The van der Waals surface area contributed by atoms with Crippen molar-refractivity contribution < 1.29 is 9.84 Å². The van der Waals surface area contributed by atoms with Crippen LogP contribution in [0, 0.1) is 13.8 Å². The van der Waals surface area contributed by atoms with Gasteiger partial charge in [-0.3, -0.25) is 5.32 Å². The summed E-state index contributed by atoms with van der Waals surface area (Å²) in [5, 5.41) is 12.4. The Bertz CT molecular complexity index is 348. The van der Waals surface area contributed by atoms with E-state index in [2.05, 4.69) is 17.4 Å². The molecule has 0 radical (unpaired) electrons. The summed E-state index contributed by atoms with van der Waals surface area (Å²) in [4.78, 5) is 0. The van der Waals surface area contributed by atoms with E-state index >= 15 is 0 Å². The zero-order chi connectivity index (χ0) is 12.8. The molecule has 0 aliphatic rings. The fraction of sp³-hybridized carbons (Fsp3) is 0.571. The first-order chi connectivity index (χ1) is 8.06. The number of benzene rings is 1. The van der Waals surface area contributed by atoms with Crippen molar-refractivity contribution >= 4 is 0 Å². The molecule has 0 aliphatic heterocycles. The predicted octanol–water partition coefficient (Wildman–Crippen LogP) is 2.39. The monoisotopic (exact) mass is 237 g/mol. The van der Waals surface area contributed by atoms with Crippen molar-refractivity contribution in [1.82, 2.24) is 5.32 Å². The average Bonchev–Trinajstić information content (AvgIpc) is 2.31. The summed E-state index contributed by atoms with van der Waals surface area (Å²) in [7, 11) is 0. The SMILES string of the molecule is CCC(CO)NC(C)Oc1cc(C)ccc1C. The van der Waals surface area contributed by atoms with Crippen LogP contribution in [-0.2, 0) is 0 Å². The first-order valence-electron chi connectivity index (χ1n) is 6.17. The predicted molar refractivity (Wildman–Crippen MR) is 70.3 cm³/mol. The highest BCUT2D eigenvalue weighted by Crippen LogP contribution is 2.20. The molecule has 0 fully saturated rings. The molecule has 0 bridgehead atoms. The molecular formula is C14H23NO2. The Morgan fingerprint density at radius 1 is 1.35 bits per heavy atom. The van der Waals surface area contributed by atoms with E-state index in [4.69, 9.17) is 9.84 Å². The molecule has 17 heavy (non-hydrogen) atoms. The molecule has 0 heterocycles. The summed E-state index contributed by atoms with van der Waals surface area (Å²) in [5.74, 6) is 0.901. The maximum atomic E-state index is 9.12. The van der Waals surface area contributed by atoms with Gasteiger partial charge in [0.05, 0.1) is 6.61 Å². The number of aliphatic hydroxyl groups excluding tert-OH is 1. The molecule has 0 aliphatic carbocycles. The third kappa shape index (κ3) is 4.36. The summed E-state index contributed by atoms with van der Waals surface area (Å²) < 4.78 is 5.84. The molecule has 3 nitrogen and oxygen atoms in total. The fourth-order valence-corrected chi connectivity index (χ4v) is 1.69. The molecule has 2 atom stereocenters. The van der Waals surface area contributed by atoms with E-state index in [1.54, 1.807) is 0 Å². The second-order valence-electron chi connectivity index (χ2n) is 4.48. The third-order valence-electron chi connectivity index (χ3n) is 2.83. The van der Waals surface area contributed by atoms with Crippen LogP contribution >= 0.6 is 0 Å². The number of nitrogens with one attached hydrogen (secondary N) is 1. The largest absolute Gasteiger partial charge is 0.475 e. The first-order valence-corrected chi connectivity index (χ1v) is 6.17. The second-order valence-corrected chi connectivity index (χ2v) is 4.48. The number of ether oxygens (including phenoxy) is 1. The van der Waals surface area contributed by atoms with Crippen LogP contribution in [0.4, 0.5) is 0 Å². The smallest absolute Gasteiger partial charge is 0.147 e. The van der Waals surface area contributed by atoms with E-state index < -0.39 is 0 Å². The number of aryl methyl sites for hydroxylation is 2. The van der Waals surface area contributed by atoms with E-state index in [0.717, 1.165) is 17.7 Å². The molecule has 96 valence electrons. The van der Waals surface area contributed by atoms with Crippen molar-refractivity contribution in [2.45, 2.75) is 46.4 Å². The maximum Gasteiger partial charge on any atom is 0.147 e. The summed E-state index contributed by atoms with van der Waals surface area (Å²) in [5.41, 5.74) is 2.31. The fourth-order valence-electron chi connectivity index (χ4n) is 1.69. The molecule has 0 aromatic heterocycles. The molecule has 1 rings (SSSR count). The Kier molecular flexibility index (Phi) is 5.45. The van der Waals surface area contributed by atoms with Gasteiger partial charge >= 0.3 is 0 Å². The van der Waals surface area contributed by atoms with E-state index in [1.807, 2.05) is 33.8 Å². The Morgan fingerprint density at radius 2 is 2.06 bits per heavy atom. The Balaban J connectivity index is 2.61. The van der Waals surface area contributed by atoms with Crippen LogP contribution < -0.4 is 10.1 Å². The standard InChI is InChI=1S/C14H23NO2/c1-5-13(9-16)15-12(4)17-14-8-10(2)6-7-11(14)3/h6-8,12-13,15-16H,5,9H2,1-4H3. The molecule has 2 unspecified atom stereocenters. The van der Waals surface area contributed by atoms with Crippen LogP contribution in [0.1, 0.15) is 31.4 Å². The number of rotatable bonds is 6. The second kappa shape index (κ2) is 6.62. The number of hydrogen-bond acceptors (Lipinski definition) is 3. The van der Waals surface area contributed by atoms with Gasteiger partial charge in [0.2, 0.25) is 0 Å². The molecule has 1 aromatic rings. The van der Waals surface area contributed by atoms with Crippen LogP contribution in [-0.4, -0.2) is 24.0 Å². The summed E-state index contributed by atoms with van der Waals surface area (Å²) in [6.07, 6.45) is 0.782. The van der Waals surface area contributed by atoms with Gasteiger partial charge < -0.3 is 9.84 Å². The molecule has 0 amide bonds. The van der Waals surface area contributed by atoms with E-state index in [1.165, 1.54) is 5.56 Å². The molecule has 0 saturated carbocycles. The molecule has 0 saturated heterocycles. The lowest BCUT2D eigenvalue weighted by Crippen LogP contribution is -2.41. The molecule has 1 aromatic carbocycles. The molecule has 2 N–H and O–H groups in total. The maximum absolute atomic E-state index is 9.12. The van der Waals surface area contributed by atoms with Gasteiger partial charge in [-0.05, 0) is 44.4 Å². The first kappa shape index (κ1) is 14.0. The van der Waals surface area contributed by atoms with Gasteiger partial charge in [0.1, 0.15) is 12.0 Å². The highest BCUT2D eigenvalue weighted by atomic mass is 16.5. The van der Waals surface area contributed by atoms with Gasteiger partial charge in [-0.1, -0.05) is 19.1 Å². The van der Waals surface area contributed by atoms with Crippen molar-refractivity contribution in [2.75, 3.05) is 6.61 Å². The number of aliphatic hydroxyl groups is 1. The third-order valence-corrected chi connectivity index (χ3v) is 2.83. The van der Waals surface area contributed by atoms with Gasteiger partial charge in [0, 0.05) is 6.04 Å². The molecule has 0 spiro atoms. The van der Waals surface area contributed by atoms with Gasteiger partial charge in [0.25, 0.3) is 0 Å². The van der Waals surface area contributed by atoms with Crippen LogP contribution in [0.25, 0.3) is 0 Å². The molecule has 3 heteroatoms. The summed E-state index contributed by atoms with van der Waals surface area (Å²) >= 11 is 0.